The highest BCUT2D eigenvalue weighted by Gasteiger charge is 2.25. The van der Waals surface area contributed by atoms with Gasteiger partial charge in [-0.1, -0.05) is 0 Å². The SMILES string of the molecule is CC(C)Oc1ccc(S(=O)(=O)NC(C)(C)C#N)cc1. The smallest absolute Gasteiger partial charge is 0.241 e. The van der Waals surface area contributed by atoms with Crippen LogP contribution in [0.2, 0.25) is 0 Å². The van der Waals surface area contributed by atoms with Crippen LogP contribution in [0.4, 0.5) is 0 Å². The molecule has 0 amide bonds. The Kier molecular flexibility index (Phi) is 4.56. The van der Waals surface area contributed by atoms with Crippen LogP contribution in [0.3, 0.4) is 0 Å². The fraction of sp³-hybridized carbons (Fsp3) is 0.462. The summed E-state index contributed by atoms with van der Waals surface area (Å²) in [6.07, 6.45) is 0.0260. The molecule has 0 aromatic heterocycles. The highest BCUT2D eigenvalue weighted by Crippen LogP contribution is 2.18. The van der Waals surface area contributed by atoms with E-state index in [9.17, 15) is 8.42 Å². The molecule has 0 aliphatic heterocycles. The minimum absolute atomic E-state index is 0.0260. The Hall–Kier alpha value is -1.58. The highest BCUT2D eigenvalue weighted by atomic mass is 32.2. The summed E-state index contributed by atoms with van der Waals surface area (Å²) in [7, 11) is -3.70. The lowest BCUT2D eigenvalue weighted by atomic mass is 10.1. The molecule has 104 valence electrons. The fourth-order valence-electron chi connectivity index (χ4n) is 1.39. The Morgan fingerprint density at radius 3 is 2.21 bits per heavy atom. The normalized spacial score (nSPS) is 12.2. The lowest BCUT2D eigenvalue weighted by Crippen LogP contribution is -2.41. The van der Waals surface area contributed by atoms with Crippen LogP contribution >= 0.6 is 0 Å². The summed E-state index contributed by atoms with van der Waals surface area (Å²) in [4.78, 5) is 0.104. The van der Waals surface area contributed by atoms with E-state index in [-0.39, 0.29) is 11.0 Å². The number of rotatable bonds is 5. The third-order valence-electron chi connectivity index (χ3n) is 2.17. The van der Waals surface area contributed by atoms with Crippen LogP contribution in [0.15, 0.2) is 29.2 Å². The Morgan fingerprint density at radius 2 is 1.79 bits per heavy atom. The zero-order chi connectivity index (χ0) is 14.7. The van der Waals surface area contributed by atoms with Crippen molar-refractivity contribution in [1.82, 2.24) is 4.72 Å². The van der Waals surface area contributed by atoms with Gasteiger partial charge in [0.05, 0.1) is 17.1 Å². The number of sulfonamides is 1. The maximum Gasteiger partial charge on any atom is 0.241 e. The van der Waals surface area contributed by atoms with Gasteiger partial charge in [-0.25, -0.2) is 8.42 Å². The number of nitrogens with one attached hydrogen (secondary N) is 1. The Morgan fingerprint density at radius 1 is 1.26 bits per heavy atom. The second kappa shape index (κ2) is 5.59. The van der Waals surface area contributed by atoms with Crippen molar-refractivity contribution in [2.45, 2.75) is 44.2 Å². The van der Waals surface area contributed by atoms with Gasteiger partial charge in [0.25, 0.3) is 0 Å². The number of ether oxygens (including phenoxy) is 1. The molecule has 0 heterocycles. The molecule has 0 spiro atoms. The van der Waals surface area contributed by atoms with E-state index in [1.54, 1.807) is 12.1 Å². The van der Waals surface area contributed by atoms with Crippen molar-refractivity contribution in [3.63, 3.8) is 0 Å². The first-order chi connectivity index (χ1) is 8.66. The van der Waals surface area contributed by atoms with Crippen molar-refractivity contribution in [2.24, 2.45) is 0 Å². The fourth-order valence-corrected chi connectivity index (χ4v) is 2.72. The standard InChI is InChI=1S/C13H18N2O3S/c1-10(2)18-11-5-7-12(8-6-11)19(16,17)15-13(3,4)9-14/h5-8,10,15H,1-4H3. The van der Waals surface area contributed by atoms with Crippen molar-refractivity contribution in [3.8, 4) is 11.8 Å². The highest BCUT2D eigenvalue weighted by molar-refractivity contribution is 7.89. The van der Waals surface area contributed by atoms with Crippen molar-refractivity contribution in [3.05, 3.63) is 24.3 Å². The second-order valence-corrected chi connectivity index (χ2v) is 6.66. The molecule has 19 heavy (non-hydrogen) atoms. The molecule has 6 heteroatoms. The largest absolute Gasteiger partial charge is 0.491 e. The maximum atomic E-state index is 12.0. The zero-order valence-corrected chi connectivity index (χ0v) is 12.3. The van der Waals surface area contributed by atoms with E-state index < -0.39 is 15.6 Å². The van der Waals surface area contributed by atoms with Crippen molar-refractivity contribution >= 4 is 10.0 Å². The average Bonchev–Trinajstić information content (AvgIpc) is 2.27. The predicted octanol–water partition coefficient (Wildman–Crippen LogP) is 2.05. The molecule has 1 aromatic carbocycles. The Bertz CT molecular complexity index is 569. The molecule has 0 aliphatic rings. The van der Waals surface area contributed by atoms with Crippen molar-refractivity contribution < 1.29 is 13.2 Å². The van der Waals surface area contributed by atoms with Gasteiger partial charge in [-0.3, -0.25) is 0 Å². The molecule has 0 saturated carbocycles. The minimum atomic E-state index is -3.70. The summed E-state index contributed by atoms with van der Waals surface area (Å²) in [5, 5.41) is 8.85. The minimum Gasteiger partial charge on any atom is -0.491 e. The number of hydrogen-bond donors (Lipinski definition) is 1. The van der Waals surface area contributed by atoms with E-state index >= 15 is 0 Å². The second-order valence-electron chi connectivity index (χ2n) is 4.98. The summed E-state index contributed by atoms with van der Waals surface area (Å²) in [5.74, 6) is 0.605. The van der Waals surface area contributed by atoms with Crippen molar-refractivity contribution in [1.29, 1.82) is 5.26 Å². The third kappa shape index (κ3) is 4.54. The van der Waals surface area contributed by atoms with Gasteiger partial charge in [-0.05, 0) is 52.0 Å². The molecule has 5 nitrogen and oxygen atoms in total. The maximum absolute atomic E-state index is 12.0. The number of nitriles is 1. The first-order valence-electron chi connectivity index (χ1n) is 5.88. The lowest BCUT2D eigenvalue weighted by molar-refractivity contribution is 0.242. The lowest BCUT2D eigenvalue weighted by Gasteiger charge is -2.17. The number of nitrogens with zero attached hydrogens (tertiary/aromatic N) is 1. The van der Waals surface area contributed by atoms with Gasteiger partial charge in [-0.15, -0.1) is 0 Å². The Balaban J connectivity index is 2.95. The summed E-state index contributed by atoms with van der Waals surface area (Å²) >= 11 is 0. The summed E-state index contributed by atoms with van der Waals surface area (Å²) < 4.78 is 31.8. The summed E-state index contributed by atoms with van der Waals surface area (Å²) in [6.45, 7) is 6.78. The first-order valence-corrected chi connectivity index (χ1v) is 7.36. The van der Waals surface area contributed by atoms with Gasteiger partial charge in [0, 0.05) is 0 Å². The van der Waals surface area contributed by atoms with Crippen LogP contribution in [0.1, 0.15) is 27.7 Å². The molecule has 1 N–H and O–H groups in total. The monoisotopic (exact) mass is 282 g/mol. The van der Waals surface area contributed by atoms with E-state index in [1.165, 1.54) is 26.0 Å². The van der Waals surface area contributed by atoms with Crippen LogP contribution < -0.4 is 9.46 Å². The number of benzene rings is 1. The van der Waals surface area contributed by atoms with Crippen molar-refractivity contribution in [2.75, 3.05) is 0 Å². The van der Waals surface area contributed by atoms with Crippen LogP contribution in [0.5, 0.6) is 5.75 Å². The van der Waals surface area contributed by atoms with Crippen LogP contribution in [0, 0.1) is 11.3 Å². The molecule has 0 atom stereocenters. The van der Waals surface area contributed by atoms with E-state index in [0.717, 1.165) is 0 Å². The molecule has 0 unspecified atom stereocenters. The summed E-state index contributed by atoms with van der Waals surface area (Å²) in [5.41, 5.74) is -1.15. The van der Waals surface area contributed by atoms with E-state index in [1.807, 2.05) is 19.9 Å². The van der Waals surface area contributed by atoms with Crippen LogP contribution in [0.25, 0.3) is 0 Å². The Labute approximate surface area is 114 Å². The average molecular weight is 282 g/mol. The molecule has 1 rings (SSSR count). The van der Waals surface area contributed by atoms with E-state index in [0.29, 0.717) is 5.75 Å². The third-order valence-corrected chi connectivity index (χ3v) is 3.85. The van der Waals surface area contributed by atoms with Crippen LogP contribution in [-0.4, -0.2) is 20.1 Å². The molecule has 0 aliphatic carbocycles. The molecule has 0 radical (unpaired) electrons. The summed E-state index contributed by atoms with van der Waals surface area (Å²) in [6, 6.07) is 7.98. The molecule has 0 saturated heterocycles. The van der Waals surface area contributed by atoms with Crippen LogP contribution in [-0.2, 0) is 10.0 Å². The quantitative estimate of drug-likeness (QED) is 0.896. The van der Waals surface area contributed by atoms with E-state index in [2.05, 4.69) is 4.72 Å². The van der Waals surface area contributed by atoms with Gasteiger partial charge >= 0.3 is 0 Å². The molecule has 0 bridgehead atoms. The van der Waals surface area contributed by atoms with Gasteiger partial charge in [0.15, 0.2) is 0 Å². The number of hydrogen-bond acceptors (Lipinski definition) is 4. The molecule has 1 aromatic rings. The van der Waals surface area contributed by atoms with Gasteiger partial charge in [0.2, 0.25) is 10.0 Å². The van der Waals surface area contributed by atoms with Gasteiger partial charge in [-0.2, -0.15) is 9.98 Å². The molecule has 0 fully saturated rings. The topological polar surface area (TPSA) is 79.2 Å². The predicted molar refractivity (Wildman–Crippen MR) is 72.2 cm³/mol. The first kappa shape index (κ1) is 15.5. The van der Waals surface area contributed by atoms with Gasteiger partial charge in [0.1, 0.15) is 11.3 Å². The van der Waals surface area contributed by atoms with Gasteiger partial charge < -0.3 is 4.74 Å². The molecular weight excluding hydrogens is 264 g/mol. The van der Waals surface area contributed by atoms with E-state index in [4.69, 9.17) is 10.00 Å². The zero-order valence-electron chi connectivity index (χ0n) is 11.5. The molecular formula is C13H18N2O3S.